The molecule has 3 atom stereocenters. The molecule has 0 fully saturated rings. The first-order valence-electron chi connectivity index (χ1n) is 24.2. The van der Waals surface area contributed by atoms with Crippen LogP contribution in [0.5, 0.6) is 0 Å². The van der Waals surface area contributed by atoms with E-state index in [9.17, 15) is 24.2 Å². The van der Waals surface area contributed by atoms with Gasteiger partial charge in [-0.25, -0.2) is 4.57 Å². The van der Waals surface area contributed by atoms with Crippen LogP contribution in [-0.4, -0.2) is 65.7 Å². The number of hydrogen-bond acceptors (Lipinski definition) is 9. The first kappa shape index (κ1) is 58.7. The van der Waals surface area contributed by atoms with Gasteiger partial charge < -0.3 is 24.6 Å². The van der Waals surface area contributed by atoms with Gasteiger partial charge in [0.1, 0.15) is 12.7 Å². The van der Waals surface area contributed by atoms with Crippen LogP contribution in [0, 0.1) is 0 Å². The van der Waals surface area contributed by atoms with Crippen LogP contribution in [0.3, 0.4) is 0 Å². The van der Waals surface area contributed by atoms with Crippen molar-refractivity contribution in [2.75, 3.05) is 26.4 Å². The number of rotatable bonds is 45. The first-order chi connectivity index (χ1) is 29.7. The van der Waals surface area contributed by atoms with Crippen molar-refractivity contribution in [2.45, 2.75) is 219 Å². The third kappa shape index (κ3) is 45.5. The summed E-state index contributed by atoms with van der Waals surface area (Å²) in [6.07, 6.45) is 51.8. The maximum absolute atomic E-state index is 12.7. The fraction of sp³-hybridized carbons (Fsp3) is 0.760. The molecule has 0 aromatic carbocycles. The van der Waals surface area contributed by atoms with Crippen molar-refractivity contribution in [3.05, 3.63) is 60.8 Å². The monoisotopic (exact) mass is 881 g/mol. The zero-order valence-electron chi connectivity index (χ0n) is 38.6. The summed E-state index contributed by atoms with van der Waals surface area (Å²) in [5, 5.41) is 18.4. The highest BCUT2D eigenvalue weighted by Crippen LogP contribution is 2.43. The Balaban J connectivity index is 4.23. The van der Waals surface area contributed by atoms with Gasteiger partial charge in [-0.1, -0.05) is 177 Å². The third-order valence-corrected chi connectivity index (χ3v) is 11.1. The molecule has 0 spiro atoms. The molecule has 354 valence electrons. The van der Waals surface area contributed by atoms with Crippen LogP contribution in [-0.2, 0) is 32.7 Å². The molecule has 10 nitrogen and oxygen atoms in total. The number of aliphatic hydroxyl groups excluding tert-OH is 2. The van der Waals surface area contributed by atoms with Gasteiger partial charge in [-0.3, -0.25) is 18.6 Å². The van der Waals surface area contributed by atoms with E-state index in [1.165, 1.54) is 83.5 Å². The quantitative estimate of drug-likeness (QED) is 0.0233. The van der Waals surface area contributed by atoms with Crippen LogP contribution >= 0.6 is 7.82 Å². The number of aliphatic hydroxyl groups is 2. The van der Waals surface area contributed by atoms with Crippen LogP contribution in [0.1, 0.15) is 206 Å². The van der Waals surface area contributed by atoms with Crippen molar-refractivity contribution in [3.8, 4) is 0 Å². The van der Waals surface area contributed by atoms with Crippen molar-refractivity contribution in [1.29, 1.82) is 0 Å². The fourth-order valence-electron chi connectivity index (χ4n) is 6.45. The van der Waals surface area contributed by atoms with Gasteiger partial charge in [0.05, 0.1) is 19.8 Å². The van der Waals surface area contributed by atoms with Crippen LogP contribution < -0.4 is 0 Å². The summed E-state index contributed by atoms with van der Waals surface area (Å²) < 4.78 is 32.8. The Kier molecular flexibility index (Phi) is 43.9. The fourth-order valence-corrected chi connectivity index (χ4v) is 7.24. The predicted molar refractivity (Wildman–Crippen MR) is 251 cm³/mol. The molecule has 0 heterocycles. The number of esters is 2. The largest absolute Gasteiger partial charge is 0.472 e. The van der Waals surface area contributed by atoms with Crippen molar-refractivity contribution < 1.29 is 47.8 Å². The number of phosphoric ester groups is 1. The Labute approximate surface area is 372 Å². The molecule has 0 aliphatic rings. The van der Waals surface area contributed by atoms with E-state index in [0.29, 0.717) is 12.8 Å². The van der Waals surface area contributed by atoms with E-state index >= 15 is 0 Å². The normalized spacial score (nSPS) is 14.2. The summed E-state index contributed by atoms with van der Waals surface area (Å²) in [7, 11) is -4.63. The van der Waals surface area contributed by atoms with Gasteiger partial charge in [-0.15, -0.1) is 0 Å². The van der Waals surface area contributed by atoms with Crippen LogP contribution in [0.15, 0.2) is 60.8 Å². The highest BCUT2D eigenvalue weighted by molar-refractivity contribution is 7.47. The van der Waals surface area contributed by atoms with Crippen molar-refractivity contribution >= 4 is 19.8 Å². The molecule has 0 aliphatic carbocycles. The molecule has 0 saturated heterocycles. The van der Waals surface area contributed by atoms with Crippen LogP contribution in [0.4, 0.5) is 0 Å². The number of unbranched alkanes of at least 4 members (excludes halogenated alkanes) is 21. The molecule has 0 saturated carbocycles. The lowest BCUT2D eigenvalue weighted by atomic mass is 10.1. The van der Waals surface area contributed by atoms with E-state index in [2.05, 4.69) is 74.6 Å². The molecule has 0 aromatic rings. The summed E-state index contributed by atoms with van der Waals surface area (Å²) in [4.78, 5) is 35.1. The number of carbonyl (C=O) groups excluding carboxylic acids is 2. The smallest absolute Gasteiger partial charge is 0.462 e. The molecular formula is C50H89O10P. The van der Waals surface area contributed by atoms with Crippen molar-refractivity contribution in [2.24, 2.45) is 0 Å². The molecule has 3 N–H and O–H groups in total. The topological polar surface area (TPSA) is 149 Å². The highest BCUT2D eigenvalue weighted by atomic mass is 31.2. The number of carbonyl (C=O) groups is 2. The lowest BCUT2D eigenvalue weighted by molar-refractivity contribution is -0.161. The number of phosphoric acid groups is 1. The highest BCUT2D eigenvalue weighted by Gasteiger charge is 2.27. The molecule has 0 bridgehead atoms. The van der Waals surface area contributed by atoms with E-state index in [-0.39, 0.29) is 19.4 Å². The predicted octanol–water partition coefficient (Wildman–Crippen LogP) is 13.5. The summed E-state index contributed by atoms with van der Waals surface area (Å²) in [6, 6.07) is 0. The molecule has 0 amide bonds. The van der Waals surface area contributed by atoms with Gasteiger partial charge >= 0.3 is 19.8 Å². The van der Waals surface area contributed by atoms with E-state index in [4.69, 9.17) is 23.6 Å². The summed E-state index contributed by atoms with van der Waals surface area (Å²) in [5.74, 6) is -0.940. The molecule has 61 heavy (non-hydrogen) atoms. The number of allylic oxidation sites excluding steroid dienone is 10. The summed E-state index contributed by atoms with van der Waals surface area (Å²) >= 11 is 0. The van der Waals surface area contributed by atoms with Crippen LogP contribution in [0.25, 0.3) is 0 Å². The Bertz CT molecular complexity index is 1200. The minimum Gasteiger partial charge on any atom is -0.462 e. The Morgan fingerprint density at radius 1 is 0.508 bits per heavy atom. The maximum atomic E-state index is 12.7. The van der Waals surface area contributed by atoms with Gasteiger partial charge in [0.25, 0.3) is 0 Å². The minimum atomic E-state index is -4.63. The standard InChI is InChI=1S/C50H89O10P/c1-3-5-7-9-11-13-15-17-19-21-22-23-24-26-27-29-31-33-35-37-39-41-49(53)57-45-48(46-59-61(55,56)58-44-47(52)43-51)60-50(54)42-40-38-36-34-32-30-28-25-20-18-16-14-12-10-8-6-4-2/h6,8,12,14-15,17-18,20-22,47-48,51-52H,3-5,7,9-11,13,16,19,23-46H2,1-2H3,(H,55,56)/b8-6-,14-12-,17-15-,20-18-,22-21-. The van der Waals surface area contributed by atoms with E-state index in [0.717, 1.165) is 83.5 Å². The van der Waals surface area contributed by atoms with E-state index in [1.54, 1.807) is 0 Å². The van der Waals surface area contributed by atoms with Crippen LogP contribution in [0.2, 0.25) is 0 Å². The Morgan fingerprint density at radius 3 is 1.36 bits per heavy atom. The molecule has 0 aliphatic heterocycles. The van der Waals surface area contributed by atoms with E-state index in [1.807, 2.05) is 0 Å². The van der Waals surface area contributed by atoms with Crippen molar-refractivity contribution in [1.82, 2.24) is 0 Å². The third-order valence-electron chi connectivity index (χ3n) is 10.2. The van der Waals surface area contributed by atoms with Gasteiger partial charge in [-0.2, -0.15) is 0 Å². The average molecular weight is 881 g/mol. The van der Waals surface area contributed by atoms with Gasteiger partial charge in [0, 0.05) is 12.8 Å². The van der Waals surface area contributed by atoms with E-state index < -0.39 is 51.8 Å². The molecule has 0 rings (SSSR count). The second-order valence-electron chi connectivity index (χ2n) is 16.1. The lowest BCUT2D eigenvalue weighted by Gasteiger charge is -2.20. The molecule has 0 radical (unpaired) electrons. The Hall–Kier alpha value is -2.33. The van der Waals surface area contributed by atoms with Gasteiger partial charge in [0.2, 0.25) is 0 Å². The average Bonchev–Trinajstić information content (AvgIpc) is 3.25. The zero-order chi connectivity index (χ0) is 44.8. The first-order valence-corrected chi connectivity index (χ1v) is 25.7. The number of hydrogen-bond donors (Lipinski definition) is 3. The molecule has 11 heteroatoms. The van der Waals surface area contributed by atoms with Gasteiger partial charge in [-0.05, 0) is 77.0 Å². The summed E-state index contributed by atoms with van der Waals surface area (Å²) in [6.45, 7) is 2.26. The minimum absolute atomic E-state index is 0.170. The number of ether oxygens (including phenoxy) is 2. The lowest BCUT2D eigenvalue weighted by Crippen LogP contribution is -2.29. The van der Waals surface area contributed by atoms with Crippen molar-refractivity contribution in [3.63, 3.8) is 0 Å². The second-order valence-corrected chi connectivity index (χ2v) is 17.6. The molecular weight excluding hydrogens is 792 g/mol. The Morgan fingerprint density at radius 2 is 0.902 bits per heavy atom. The molecule has 0 aromatic heterocycles. The zero-order valence-corrected chi connectivity index (χ0v) is 39.5. The molecule has 3 unspecified atom stereocenters. The SMILES string of the molecule is CC/C=C\C/C=C\C/C=C\CCCCCCCCCC(=O)OC(COC(=O)CCCCCCCCCCC/C=C\C/C=C\CCCCCCC)COP(=O)(O)OCC(O)CO. The second kappa shape index (κ2) is 45.7. The maximum Gasteiger partial charge on any atom is 0.472 e. The van der Waals surface area contributed by atoms with Gasteiger partial charge in [0.15, 0.2) is 6.10 Å². The summed E-state index contributed by atoms with van der Waals surface area (Å²) in [5.41, 5.74) is 0.